The van der Waals surface area contributed by atoms with Crippen molar-refractivity contribution in [3.63, 3.8) is 0 Å². The number of rotatable bonds is 5. The fourth-order valence-corrected chi connectivity index (χ4v) is 0.449. The van der Waals surface area contributed by atoms with Gasteiger partial charge in [-0.2, -0.15) is 0 Å². The van der Waals surface area contributed by atoms with Crippen molar-refractivity contribution in [1.82, 2.24) is 0 Å². The lowest BCUT2D eigenvalue weighted by Gasteiger charge is -2.04. The summed E-state index contributed by atoms with van der Waals surface area (Å²) in [6.07, 6.45) is 0.339. The maximum absolute atomic E-state index is 10.0. The van der Waals surface area contributed by atoms with E-state index in [2.05, 4.69) is 0 Å². The van der Waals surface area contributed by atoms with Crippen LogP contribution in [0.15, 0.2) is 0 Å². The van der Waals surface area contributed by atoms with Gasteiger partial charge in [0.2, 0.25) is 0 Å². The summed E-state index contributed by atoms with van der Waals surface area (Å²) in [5, 5.41) is 32.5. The smallest absolute Gasteiger partial charge is 0.308 e. The van der Waals surface area contributed by atoms with Gasteiger partial charge in [-0.1, -0.05) is 6.92 Å². The molecule has 1 unspecified atom stereocenters. The number of carboxylic acids is 2. The molecule has 0 aromatic rings. The monoisotopic (exact) mass is 208 g/mol. The molecule has 6 heteroatoms. The fraction of sp³-hybridized carbons (Fsp3) is 0.750. The maximum atomic E-state index is 10.0. The maximum Gasteiger partial charge on any atom is 0.308 e. The van der Waals surface area contributed by atoms with Crippen molar-refractivity contribution in [2.45, 2.75) is 19.8 Å². The third-order valence-electron chi connectivity index (χ3n) is 1.35. The van der Waals surface area contributed by atoms with E-state index >= 15 is 0 Å². The summed E-state index contributed by atoms with van der Waals surface area (Å²) in [5.74, 6) is -2.62. The summed E-state index contributed by atoms with van der Waals surface area (Å²) in [6.45, 7) is 0.996. The highest BCUT2D eigenvalue weighted by atomic mass is 16.4. The molecule has 6 nitrogen and oxygen atoms in total. The quantitative estimate of drug-likeness (QED) is 0.486. The summed E-state index contributed by atoms with van der Waals surface area (Å²) in [4.78, 5) is 19.4. The Kier molecular flexibility index (Phi) is 10.9. The van der Waals surface area contributed by atoms with Gasteiger partial charge in [-0.25, -0.2) is 0 Å². The minimum Gasteiger partial charge on any atom is -0.481 e. The Morgan fingerprint density at radius 2 is 1.64 bits per heavy atom. The second-order valence-corrected chi connectivity index (χ2v) is 2.48. The largest absolute Gasteiger partial charge is 0.481 e. The van der Waals surface area contributed by atoms with Crippen LogP contribution in [0.2, 0.25) is 0 Å². The predicted octanol–water partition coefficient (Wildman–Crippen LogP) is -0.457. The molecule has 0 aliphatic heterocycles. The number of aliphatic hydroxyl groups excluding tert-OH is 2. The third-order valence-corrected chi connectivity index (χ3v) is 1.35. The van der Waals surface area contributed by atoms with E-state index in [0.717, 1.165) is 0 Å². The van der Waals surface area contributed by atoms with Crippen molar-refractivity contribution in [3.05, 3.63) is 0 Å². The van der Waals surface area contributed by atoms with Gasteiger partial charge in [-0.05, 0) is 6.42 Å². The normalized spacial score (nSPS) is 11.1. The first-order valence-corrected chi connectivity index (χ1v) is 4.15. The number of carboxylic acid groups (broad SMARTS) is 2. The van der Waals surface area contributed by atoms with E-state index in [9.17, 15) is 9.59 Å². The molecule has 0 bridgehead atoms. The molecule has 0 heterocycles. The molecule has 84 valence electrons. The van der Waals surface area contributed by atoms with E-state index in [0.29, 0.717) is 0 Å². The highest BCUT2D eigenvalue weighted by molar-refractivity contribution is 5.70. The zero-order valence-corrected chi connectivity index (χ0v) is 8.01. The molecular formula is C8H16O6. The van der Waals surface area contributed by atoms with Crippen LogP contribution < -0.4 is 0 Å². The second-order valence-electron chi connectivity index (χ2n) is 2.48. The molecule has 0 saturated carbocycles. The molecule has 0 fully saturated rings. The average molecular weight is 208 g/mol. The lowest BCUT2D eigenvalue weighted by Crippen LogP contribution is -2.18. The summed E-state index contributed by atoms with van der Waals surface area (Å²) >= 11 is 0. The van der Waals surface area contributed by atoms with Crippen molar-refractivity contribution in [2.75, 3.05) is 13.2 Å². The Morgan fingerprint density at radius 1 is 1.21 bits per heavy atom. The van der Waals surface area contributed by atoms with E-state index in [-0.39, 0.29) is 19.4 Å². The van der Waals surface area contributed by atoms with Crippen LogP contribution in [0.25, 0.3) is 0 Å². The van der Waals surface area contributed by atoms with Gasteiger partial charge in [0.25, 0.3) is 0 Å². The van der Waals surface area contributed by atoms with Crippen LogP contribution in [0.1, 0.15) is 19.8 Å². The van der Waals surface area contributed by atoms with Gasteiger partial charge in [-0.3, -0.25) is 9.59 Å². The van der Waals surface area contributed by atoms with Gasteiger partial charge in [0.15, 0.2) is 0 Å². The van der Waals surface area contributed by atoms with E-state index in [1.54, 1.807) is 6.92 Å². The Bertz CT molecular complexity index is 167. The van der Waals surface area contributed by atoms with Crippen LogP contribution in [0, 0.1) is 5.92 Å². The van der Waals surface area contributed by atoms with Gasteiger partial charge in [-0.15, -0.1) is 0 Å². The van der Waals surface area contributed by atoms with E-state index in [1.807, 2.05) is 0 Å². The van der Waals surface area contributed by atoms with Crippen LogP contribution in [0.5, 0.6) is 0 Å². The number of hydrogen-bond acceptors (Lipinski definition) is 4. The summed E-state index contributed by atoms with van der Waals surface area (Å²) in [6, 6.07) is 0. The van der Waals surface area contributed by atoms with Gasteiger partial charge in [0.1, 0.15) is 0 Å². The Morgan fingerprint density at radius 3 is 1.71 bits per heavy atom. The Balaban J connectivity index is 0. The molecule has 14 heavy (non-hydrogen) atoms. The van der Waals surface area contributed by atoms with Crippen LogP contribution >= 0.6 is 0 Å². The van der Waals surface area contributed by atoms with E-state index in [1.165, 1.54) is 0 Å². The topological polar surface area (TPSA) is 115 Å². The van der Waals surface area contributed by atoms with Crippen LogP contribution in [0.4, 0.5) is 0 Å². The summed E-state index contributed by atoms with van der Waals surface area (Å²) in [7, 11) is 0. The molecule has 0 rings (SSSR count). The van der Waals surface area contributed by atoms with Gasteiger partial charge in [0.05, 0.1) is 12.5 Å². The van der Waals surface area contributed by atoms with Gasteiger partial charge < -0.3 is 20.4 Å². The van der Waals surface area contributed by atoms with Crippen molar-refractivity contribution in [1.29, 1.82) is 0 Å². The average Bonchev–Trinajstić information content (AvgIpc) is 2.14. The first kappa shape index (κ1) is 15.3. The third kappa shape index (κ3) is 10.9. The lowest BCUT2D eigenvalue weighted by molar-refractivity contribution is -0.143. The SMILES string of the molecule is CCC(=O)O.O=C(O)C(CO)CCO. The number of aliphatic hydroxyl groups is 2. The molecule has 0 aromatic carbocycles. The highest BCUT2D eigenvalue weighted by Crippen LogP contribution is 1.99. The van der Waals surface area contributed by atoms with Crippen molar-refractivity contribution in [3.8, 4) is 0 Å². The molecule has 0 aromatic heterocycles. The van der Waals surface area contributed by atoms with E-state index in [4.69, 9.17) is 20.4 Å². The fourth-order valence-electron chi connectivity index (χ4n) is 0.449. The van der Waals surface area contributed by atoms with Crippen molar-refractivity contribution >= 4 is 11.9 Å². The minimum atomic E-state index is -1.06. The van der Waals surface area contributed by atoms with Crippen LogP contribution in [0.3, 0.4) is 0 Å². The molecule has 4 N–H and O–H groups in total. The van der Waals surface area contributed by atoms with Crippen LogP contribution in [-0.4, -0.2) is 45.6 Å². The number of hydrogen-bond donors (Lipinski definition) is 4. The Hall–Kier alpha value is -1.14. The summed E-state index contributed by atoms with van der Waals surface area (Å²) in [5.41, 5.74) is 0. The molecule has 0 amide bonds. The lowest BCUT2D eigenvalue weighted by atomic mass is 10.1. The molecule has 0 radical (unpaired) electrons. The van der Waals surface area contributed by atoms with Crippen LogP contribution in [-0.2, 0) is 9.59 Å². The highest BCUT2D eigenvalue weighted by Gasteiger charge is 2.14. The van der Waals surface area contributed by atoms with Gasteiger partial charge in [0, 0.05) is 13.0 Å². The molecule has 1 atom stereocenters. The first-order valence-electron chi connectivity index (χ1n) is 4.15. The predicted molar refractivity (Wildman–Crippen MR) is 47.8 cm³/mol. The molecule has 0 spiro atoms. The van der Waals surface area contributed by atoms with Crippen molar-refractivity contribution < 1.29 is 30.0 Å². The molecule has 0 aliphatic rings. The van der Waals surface area contributed by atoms with Gasteiger partial charge >= 0.3 is 11.9 Å². The number of carbonyl (C=O) groups is 2. The zero-order valence-electron chi connectivity index (χ0n) is 8.01. The minimum absolute atomic E-state index is 0.117. The Labute approximate surface area is 81.8 Å². The molecule has 0 aliphatic carbocycles. The molecular weight excluding hydrogens is 192 g/mol. The molecule has 0 saturated heterocycles. The zero-order chi connectivity index (χ0) is 11.6. The summed E-state index contributed by atoms with van der Waals surface area (Å²) < 4.78 is 0. The second kappa shape index (κ2) is 9.94. The first-order chi connectivity index (χ1) is 6.49. The number of aliphatic carboxylic acids is 2. The van der Waals surface area contributed by atoms with Crippen molar-refractivity contribution in [2.24, 2.45) is 5.92 Å². The van der Waals surface area contributed by atoms with E-state index < -0.39 is 24.5 Å². The standard InChI is InChI=1S/C5H10O4.C3H6O2/c6-2-1-4(3-7)5(8)9;1-2-3(4)5/h4,6-7H,1-3H2,(H,8,9);2H2,1H3,(H,4,5).